The van der Waals surface area contributed by atoms with Gasteiger partial charge in [0.15, 0.2) is 0 Å². The van der Waals surface area contributed by atoms with Crippen molar-refractivity contribution in [1.82, 2.24) is 4.98 Å². The van der Waals surface area contributed by atoms with Gasteiger partial charge in [0.2, 0.25) is 0 Å². The zero-order valence-electron chi connectivity index (χ0n) is 14.4. The molecule has 0 saturated heterocycles. The first-order valence-corrected chi connectivity index (χ1v) is 7.97. The van der Waals surface area contributed by atoms with E-state index in [0.717, 1.165) is 11.3 Å². The molecule has 128 valence electrons. The number of methoxy groups -OCH3 is 1. The van der Waals surface area contributed by atoms with Crippen molar-refractivity contribution in [1.29, 1.82) is 0 Å². The molecule has 2 aromatic carbocycles. The second kappa shape index (κ2) is 6.89. The molecular formula is C20H19FN2O2. The fraction of sp³-hybridized carbons (Fsp3) is 0.200. The van der Waals surface area contributed by atoms with Gasteiger partial charge in [-0.15, -0.1) is 0 Å². The minimum atomic E-state index is -0.368. The minimum Gasteiger partial charge on any atom is -0.469 e. The lowest BCUT2D eigenvalue weighted by Crippen LogP contribution is -2.10. The molecule has 5 heteroatoms. The molecule has 0 bridgehead atoms. The maximum absolute atomic E-state index is 13.8. The molecule has 0 aliphatic rings. The molecule has 1 heterocycles. The van der Waals surface area contributed by atoms with Crippen LogP contribution in [0.2, 0.25) is 0 Å². The SMILES string of the molecule is COC(=O)Cc1c(C)nc2ccc(F)cc2c1Nc1cccc(C)c1. The van der Waals surface area contributed by atoms with Gasteiger partial charge in [-0.2, -0.15) is 0 Å². The molecule has 4 nitrogen and oxygen atoms in total. The summed E-state index contributed by atoms with van der Waals surface area (Å²) >= 11 is 0. The average Bonchev–Trinajstić information content (AvgIpc) is 2.58. The Hall–Kier alpha value is -2.95. The highest BCUT2D eigenvalue weighted by Crippen LogP contribution is 2.32. The van der Waals surface area contributed by atoms with E-state index < -0.39 is 0 Å². The monoisotopic (exact) mass is 338 g/mol. The van der Waals surface area contributed by atoms with E-state index in [2.05, 4.69) is 10.3 Å². The highest BCUT2D eigenvalue weighted by Gasteiger charge is 2.17. The van der Waals surface area contributed by atoms with Gasteiger partial charge in [0.05, 0.1) is 24.7 Å². The molecule has 0 saturated carbocycles. The molecule has 0 amide bonds. The molecule has 0 fully saturated rings. The Balaban J connectivity index is 2.21. The summed E-state index contributed by atoms with van der Waals surface area (Å²) in [6.45, 7) is 3.83. The first-order valence-electron chi connectivity index (χ1n) is 7.97. The third-order valence-corrected chi connectivity index (χ3v) is 4.09. The second-order valence-electron chi connectivity index (χ2n) is 5.96. The topological polar surface area (TPSA) is 51.2 Å². The number of hydrogen-bond acceptors (Lipinski definition) is 4. The molecule has 0 unspecified atom stereocenters. The number of aromatic nitrogens is 1. The number of nitrogens with one attached hydrogen (secondary N) is 1. The van der Waals surface area contributed by atoms with E-state index in [0.29, 0.717) is 27.8 Å². The first kappa shape index (κ1) is 16.9. The maximum Gasteiger partial charge on any atom is 0.310 e. The summed E-state index contributed by atoms with van der Waals surface area (Å²) in [4.78, 5) is 16.4. The van der Waals surface area contributed by atoms with Crippen molar-refractivity contribution >= 4 is 28.2 Å². The van der Waals surface area contributed by atoms with Crippen LogP contribution >= 0.6 is 0 Å². The number of ether oxygens (including phenoxy) is 1. The average molecular weight is 338 g/mol. The zero-order chi connectivity index (χ0) is 18.0. The van der Waals surface area contributed by atoms with Crippen LogP contribution in [-0.2, 0) is 16.0 Å². The van der Waals surface area contributed by atoms with Crippen LogP contribution in [0, 0.1) is 19.7 Å². The Morgan fingerprint density at radius 3 is 2.72 bits per heavy atom. The highest BCUT2D eigenvalue weighted by molar-refractivity contribution is 5.96. The summed E-state index contributed by atoms with van der Waals surface area (Å²) in [7, 11) is 1.35. The van der Waals surface area contributed by atoms with Crippen LogP contribution in [0.1, 0.15) is 16.8 Å². The smallest absolute Gasteiger partial charge is 0.310 e. The van der Waals surface area contributed by atoms with Crippen LogP contribution in [0.4, 0.5) is 15.8 Å². The van der Waals surface area contributed by atoms with Crippen LogP contribution in [0.25, 0.3) is 10.9 Å². The van der Waals surface area contributed by atoms with Gasteiger partial charge in [-0.25, -0.2) is 4.39 Å². The Kier molecular flexibility index (Phi) is 4.65. The van der Waals surface area contributed by atoms with E-state index in [1.165, 1.54) is 19.2 Å². The lowest BCUT2D eigenvalue weighted by Gasteiger charge is -2.17. The molecule has 0 aliphatic heterocycles. The van der Waals surface area contributed by atoms with E-state index in [1.54, 1.807) is 6.07 Å². The largest absolute Gasteiger partial charge is 0.469 e. The highest BCUT2D eigenvalue weighted by atomic mass is 19.1. The fourth-order valence-corrected chi connectivity index (χ4v) is 2.84. The number of hydrogen-bond donors (Lipinski definition) is 1. The van der Waals surface area contributed by atoms with Crippen molar-refractivity contribution in [2.45, 2.75) is 20.3 Å². The molecule has 1 aromatic heterocycles. The summed E-state index contributed by atoms with van der Waals surface area (Å²) in [6.07, 6.45) is 0.0654. The molecule has 0 radical (unpaired) electrons. The molecule has 0 aliphatic carbocycles. The lowest BCUT2D eigenvalue weighted by atomic mass is 10.0. The zero-order valence-corrected chi connectivity index (χ0v) is 14.4. The normalized spacial score (nSPS) is 10.7. The van der Waals surface area contributed by atoms with Crippen molar-refractivity contribution in [3.8, 4) is 0 Å². The van der Waals surface area contributed by atoms with Crippen LogP contribution in [0.3, 0.4) is 0 Å². The van der Waals surface area contributed by atoms with E-state index in [9.17, 15) is 9.18 Å². The maximum atomic E-state index is 13.8. The molecule has 3 rings (SSSR count). The molecule has 1 N–H and O–H groups in total. The summed E-state index contributed by atoms with van der Waals surface area (Å²) in [5.74, 6) is -0.720. The number of anilines is 2. The van der Waals surface area contributed by atoms with E-state index in [4.69, 9.17) is 4.74 Å². The van der Waals surface area contributed by atoms with Crippen molar-refractivity contribution in [2.24, 2.45) is 0 Å². The summed E-state index contributed by atoms with van der Waals surface area (Å²) in [5.41, 5.74) is 4.72. The summed E-state index contributed by atoms with van der Waals surface area (Å²) in [5, 5.41) is 3.97. The Labute approximate surface area is 145 Å². The Morgan fingerprint density at radius 1 is 1.20 bits per heavy atom. The van der Waals surface area contributed by atoms with Gasteiger partial charge in [-0.3, -0.25) is 9.78 Å². The first-order chi connectivity index (χ1) is 12.0. The van der Waals surface area contributed by atoms with Crippen molar-refractivity contribution < 1.29 is 13.9 Å². The number of halogens is 1. The Morgan fingerprint density at radius 2 is 2.00 bits per heavy atom. The standard InChI is InChI=1S/C20H19FN2O2/c1-12-5-4-6-15(9-12)23-20-16(11-19(24)25-3)13(2)22-18-8-7-14(21)10-17(18)20/h4-10H,11H2,1-3H3,(H,22,23). The number of aryl methyl sites for hydroxylation is 2. The van der Waals surface area contributed by atoms with Crippen LogP contribution in [0.15, 0.2) is 42.5 Å². The molecule has 3 aromatic rings. The van der Waals surface area contributed by atoms with Gasteiger partial charge < -0.3 is 10.1 Å². The third kappa shape index (κ3) is 3.60. The van der Waals surface area contributed by atoms with E-state index in [-0.39, 0.29) is 18.2 Å². The number of esters is 1. The van der Waals surface area contributed by atoms with E-state index >= 15 is 0 Å². The van der Waals surface area contributed by atoms with Crippen molar-refractivity contribution in [2.75, 3.05) is 12.4 Å². The molecular weight excluding hydrogens is 319 g/mol. The number of nitrogens with zero attached hydrogens (tertiary/aromatic N) is 1. The van der Waals surface area contributed by atoms with Crippen molar-refractivity contribution in [3.05, 3.63) is 65.1 Å². The van der Waals surface area contributed by atoms with E-state index in [1.807, 2.05) is 38.1 Å². The number of fused-ring (bicyclic) bond motifs is 1. The van der Waals surface area contributed by atoms with Crippen LogP contribution < -0.4 is 5.32 Å². The number of benzene rings is 2. The quantitative estimate of drug-likeness (QED) is 0.714. The predicted octanol–water partition coefficient (Wildman–Crippen LogP) is 4.45. The Bertz CT molecular complexity index is 954. The third-order valence-electron chi connectivity index (χ3n) is 4.09. The van der Waals surface area contributed by atoms with Gasteiger partial charge in [-0.1, -0.05) is 12.1 Å². The van der Waals surface area contributed by atoms with Crippen LogP contribution in [-0.4, -0.2) is 18.1 Å². The van der Waals surface area contributed by atoms with Gasteiger partial charge >= 0.3 is 5.97 Å². The summed E-state index contributed by atoms with van der Waals surface area (Å²) < 4.78 is 18.6. The van der Waals surface area contributed by atoms with Gasteiger partial charge in [0.25, 0.3) is 0 Å². The number of carbonyl (C=O) groups excluding carboxylic acids is 1. The number of pyridine rings is 1. The minimum absolute atomic E-state index is 0.0654. The summed E-state index contributed by atoms with van der Waals surface area (Å²) in [6, 6.07) is 12.3. The van der Waals surface area contributed by atoms with Gasteiger partial charge in [-0.05, 0) is 49.7 Å². The predicted molar refractivity (Wildman–Crippen MR) is 96.6 cm³/mol. The molecule has 0 atom stereocenters. The lowest BCUT2D eigenvalue weighted by molar-refractivity contribution is -0.139. The second-order valence-corrected chi connectivity index (χ2v) is 5.96. The fourth-order valence-electron chi connectivity index (χ4n) is 2.84. The van der Waals surface area contributed by atoms with Crippen LogP contribution in [0.5, 0.6) is 0 Å². The number of rotatable bonds is 4. The number of carbonyl (C=O) groups is 1. The van der Waals surface area contributed by atoms with Gasteiger partial charge in [0.1, 0.15) is 5.82 Å². The van der Waals surface area contributed by atoms with Crippen molar-refractivity contribution in [3.63, 3.8) is 0 Å². The molecule has 25 heavy (non-hydrogen) atoms. The molecule has 0 spiro atoms. The van der Waals surface area contributed by atoms with Gasteiger partial charge in [0, 0.05) is 22.3 Å².